The first-order chi connectivity index (χ1) is 14.4. The lowest BCUT2D eigenvalue weighted by molar-refractivity contribution is -0.116. The van der Waals surface area contributed by atoms with Crippen LogP contribution in [0.15, 0.2) is 18.2 Å². The topological polar surface area (TPSA) is 73.9 Å². The Kier molecular flexibility index (Phi) is 8.74. The lowest BCUT2D eigenvalue weighted by atomic mass is 10.1. The van der Waals surface area contributed by atoms with Crippen LogP contribution in [0.25, 0.3) is 0 Å². The van der Waals surface area contributed by atoms with Gasteiger partial charge in [0.15, 0.2) is 0 Å². The van der Waals surface area contributed by atoms with Crippen LogP contribution in [0.2, 0.25) is 0 Å². The molecule has 1 aliphatic heterocycles. The molecule has 7 heteroatoms. The minimum absolute atomic E-state index is 0.000223. The molecule has 0 spiro atoms. The third-order valence-electron chi connectivity index (χ3n) is 5.02. The standard InChI is InChI=1S/C24H40N4O3/c1-17(2)13-22(29)25-19-10-11-21(27(6)7)18(14-19)15-28(16-20-9-8-12-31-20)23(30)26-24(3,4)5/h10-11,14,17,20H,8-9,12-13,15-16H2,1-7H3,(H,25,29)(H,26,30). The number of hydrogen-bond donors (Lipinski definition) is 2. The molecule has 2 rings (SSSR count). The zero-order valence-corrected chi connectivity index (χ0v) is 20.2. The van der Waals surface area contributed by atoms with Crippen molar-refractivity contribution in [1.29, 1.82) is 0 Å². The van der Waals surface area contributed by atoms with E-state index in [4.69, 9.17) is 4.74 Å². The summed E-state index contributed by atoms with van der Waals surface area (Å²) in [5.74, 6) is 0.295. The molecule has 3 amide bonds. The first-order valence-electron chi connectivity index (χ1n) is 11.2. The summed E-state index contributed by atoms with van der Waals surface area (Å²) in [5.41, 5.74) is 2.42. The van der Waals surface area contributed by atoms with Crippen LogP contribution >= 0.6 is 0 Å². The summed E-state index contributed by atoms with van der Waals surface area (Å²) in [5, 5.41) is 6.07. The Hall–Kier alpha value is -2.28. The second-order valence-electron chi connectivity index (χ2n) is 10.1. The molecule has 1 atom stereocenters. The van der Waals surface area contributed by atoms with E-state index in [-0.39, 0.29) is 23.6 Å². The molecule has 1 aromatic carbocycles. The third kappa shape index (κ3) is 8.40. The molecule has 1 fully saturated rings. The fourth-order valence-corrected chi connectivity index (χ4v) is 3.67. The highest BCUT2D eigenvalue weighted by atomic mass is 16.5. The smallest absolute Gasteiger partial charge is 0.318 e. The van der Waals surface area contributed by atoms with Crippen molar-refractivity contribution in [3.63, 3.8) is 0 Å². The van der Waals surface area contributed by atoms with E-state index in [1.807, 2.05) is 76.7 Å². The zero-order valence-electron chi connectivity index (χ0n) is 20.2. The normalized spacial score (nSPS) is 16.3. The number of carbonyl (C=O) groups is 2. The van der Waals surface area contributed by atoms with Crippen molar-refractivity contribution >= 4 is 23.3 Å². The van der Waals surface area contributed by atoms with Crippen molar-refractivity contribution in [3.05, 3.63) is 23.8 Å². The molecule has 1 aliphatic rings. The molecule has 1 aromatic rings. The van der Waals surface area contributed by atoms with Gasteiger partial charge in [-0.05, 0) is 63.3 Å². The lowest BCUT2D eigenvalue weighted by Gasteiger charge is -2.31. The molecular formula is C24H40N4O3. The number of urea groups is 1. The van der Waals surface area contributed by atoms with Gasteiger partial charge in [-0.1, -0.05) is 13.8 Å². The fraction of sp³-hybridized carbons (Fsp3) is 0.667. The number of rotatable bonds is 8. The summed E-state index contributed by atoms with van der Waals surface area (Å²) in [6.07, 6.45) is 2.52. The highest BCUT2D eigenvalue weighted by Crippen LogP contribution is 2.26. The summed E-state index contributed by atoms with van der Waals surface area (Å²) in [6, 6.07) is 5.77. The number of ether oxygens (including phenoxy) is 1. The summed E-state index contributed by atoms with van der Waals surface area (Å²) in [4.78, 5) is 29.2. The second-order valence-corrected chi connectivity index (χ2v) is 10.1. The van der Waals surface area contributed by atoms with Gasteiger partial charge >= 0.3 is 6.03 Å². The van der Waals surface area contributed by atoms with Crippen LogP contribution < -0.4 is 15.5 Å². The molecule has 31 heavy (non-hydrogen) atoms. The SMILES string of the molecule is CC(C)CC(=O)Nc1ccc(N(C)C)c(CN(CC2CCCO2)C(=O)NC(C)(C)C)c1. The Morgan fingerprint density at radius 3 is 2.48 bits per heavy atom. The Bertz CT molecular complexity index is 750. The highest BCUT2D eigenvalue weighted by Gasteiger charge is 2.26. The van der Waals surface area contributed by atoms with Crippen LogP contribution in [0.4, 0.5) is 16.2 Å². The number of hydrogen-bond acceptors (Lipinski definition) is 4. The summed E-state index contributed by atoms with van der Waals surface area (Å²) in [7, 11) is 3.96. The molecule has 7 nitrogen and oxygen atoms in total. The molecule has 1 saturated heterocycles. The van der Waals surface area contributed by atoms with E-state index in [0.717, 1.165) is 36.4 Å². The summed E-state index contributed by atoms with van der Waals surface area (Å²) >= 11 is 0. The number of anilines is 2. The summed E-state index contributed by atoms with van der Waals surface area (Å²) < 4.78 is 5.80. The Morgan fingerprint density at radius 1 is 1.23 bits per heavy atom. The summed E-state index contributed by atoms with van der Waals surface area (Å²) in [6.45, 7) is 11.7. The number of benzene rings is 1. The van der Waals surface area contributed by atoms with E-state index in [1.165, 1.54) is 0 Å². The van der Waals surface area contributed by atoms with E-state index in [2.05, 4.69) is 10.6 Å². The minimum Gasteiger partial charge on any atom is -0.377 e. The van der Waals surface area contributed by atoms with E-state index in [1.54, 1.807) is 0 Å². The Morgan fingerprint density at radius 2 is 1.94 bits per heavy atom. The second kappa shape index (κ2) is 10.8. The molecule has 174 valence electrons. The van der Waals surface area contributed by atoms with Crippen molar-refractivity contribution in [2.45, 2.75) is 72.1 Å². The number of amides is 3. The van der Waals surface area contributed by atoms with E-state index >= 15 is 0 Å². The van der Waals surface area contributed by atoms with Gasteiger partial charge in [-0.25, -0.2) is 4.79 Å². The molecule has 0 aliphatic carbocycles. The monoisotopic (exact) mass is 432 g/mol. The van der Waals surface area contributed by atoms with Gasteiger partial charge in [-0.2, -0.15) is 0 Å². The molecule has 1 heterocycles. The molecule has 0 saturated carbocycles. The van der Waals surface area contributed by atoms with Gasteiger partial charge in [-0.3, -0.25) is 4.79 Å². The van der Waals surface area contributed by atoms with Crippen LogP contribution in [0, 0.1) is 5.92 Å². The van der Waals surface area contributed by atoms with Crippen molar-refractivity contribution in [2.75, 3.05) is 37.5 Å². The van der Waals surface area contributed by atoms with Gasteiger partial charge in [0.25, 0.3) is 0 Å². The molecule has 0 bridgehead atoms. The van der Waals surface area contributed by atoms with Crippen LogP contribution in [-0.2, 0) is 16.1 Å². The van der Waals surface area contributed by atoms with Gasteiger partial charge in [0.2, 0.25) is 5.91 Å². The zero-order chi connectivity index (χ0) is 23.2. The van der Waals surface area contributed by atoms with Crippen molar-refractivity contribution in [3.8, 4) is 0 Å². The number of nitrogens with one attached hydrogen (secondary N) is 2. The quantitative estimate of drug-likeness (QED) is 0.645. The van der Waals surface area contributed by atoms with E-state index < -0.39 is 0 Å². The molecule has 1 unspecified atom stereocenters. The molecule has 0 radical (unpaired) electrons. The predicted octanol–water partition coefficient (Wildman–Crippen LogP) is 4.23. The predicted molar refractivity (Wildman–Crippen MR) is 127 cm³/mol. The first-order valence-corrected chi connectivity index (χ1v) is 11.2. The fourth-order valence-electron chi connectivity index (χ4n) is 3.67. The number of nitrogens with zero attached hydrogens (tertiary/aromatic N) is 2. The molecule has 0 aromatic heterocycles. The van der Waals surface area contributed by atoms with Crippen molar-refractivity contribution < 1.29 is 14.3 Å². The van der Waals surface area contributed by atoms with Gasteiger partial charge in [0, 0.05) is 57.1 Å². The maximum atomic E-state index is 13.1. The molecule has 2 N–H and O–H groups in total. The maximum absolute atomic E-state index is 13.1. The van der Waals surface area contributed by atoms with E-state index in [0.29, 0.717) is 25.4 Å². The largest absolute Gasteiger partial charge is 0.377 e. The van der Waals surface area contributed by atoms with Gasteiger partial charge in [0.05, 0.1) is 6.10 Å². The van der Waals surface area contributed by atoms with Crippen LogP contribution in [0.3, 0.4) is 0 Å². The van der Waals surface area contributed by atoms with Gasteiger partial charge in [-0.15, -0.1) is 0 Å². The highest BCUT2D eigenvalue weighted by molar-refractivity contribution is 5.91. The van der Waals surface area contributed by atoms with Gasteiger partial charge in [0.1, 0.15) is 0 Å². The van der Waals surface area contributed by atoms with Crippen molar-refractivity contribution in [2.24, 2.45) is 5.92 Å². The Balaban J connectivity index is 2.27. The third-order valence-corrected chi connectivity index (χ3v) is 5.02. The van der Waals surface area contributed by atoms with Crippen molar-refractivity contribution in [1.82, 2.24) is 10.2 Å². The van der Waals surface area contributed by atoms with Gasteiger partial charge < -0.3 is 25.2 Å². The Labute approximate surface area is 187 Å². The lowest BCUT2D eigenvalue weighted by Crippen LogP contribution is -2.50. The minimum atomic E-state index is -0.330. The van der Waals surface area contributed by atoms with Crippen LogP contribution in [0.5, 0.6) is 0 Å². The average Bonchev–Trinajstić information content (AvgIpc) is 3.12. The average molecular weight is 433 g/mol. The van der Waals surface area contributed by atoms with Crippen LogP contribution in [0.1, 0.15) is 59.4 Å². The van der Waals surface area contributed by atoms with E-state index in [9.17, 15) is 9.59 Å². The molecular weight excluding hydrogens is 392 g/mol. The first kappa shape index (κ1) is 25.0. The number of carbonyl (C=O) groups excluding carboxylic acids is 2. The maximum Gasteiger partial charge on any atom is 0.318 e. The van der Waals surface area contributed by atoms with Crippen LogP contribution in [-0.4, -0.2) is 55.7 Å².